The summed E-state index contributed by atoms with van der Waals surface area (Å²) in [4.78, 5) is 34.2. The Kier molecular flexibility index (Phi) is 4.50. The molecular formula is C10H14N2O5. The lowest BCUT2D eigenvalue weighted by molar-refractivity contribution is -0.145. The van der Waals surface area contributed by atoms with Crippen LogP contribution < -0.4 is 5.32 Å². The van der Waals surface area contributed by atoms with Crippen molar-refractivity contribution in [2.45, 2.75) is 18.9 Å². The highest BCUT2D eigenvalue weighted by Crippen LogP contribution is 2.02. The van der Waals surface area contributed by atoms with Crippen molar-refractivity contribution in [2.24, 2.45) is 0 Å². The summed E-state index contributed by atoms with van der Waals surface area (Å²) in [6.45, 7) is 0.910. The molecule has 0 aliphatic carbocycles. The van der Waals surface area contributed by atoms with Crippen molar-refractivity contribution >= 4 is 18.0 Å². The zero-order chi connectivity index (χ0) is 12.8. The predicted octanol–water partition coefficient (Wildman–Crippen LogP) is -0.114. The van der Waals surface area contributed by atoms with E-state index >= 15 is 0 Å². The standard InChI is InChI=1S/C10H14N2O5/c13-8(14)6-7(9(15)16)11-10(17)12-4-2-1-3-5-12/h1-2,7H,3-6H2,(H,11,17)(H,13,14)(H,15,16)/t7-/m1/s1. The van der Waals surface area contributed by atoms with Gasteiger partial charge in [0.15, 0.2) is 0 Å². The number of rotatable bonds is 4. The molecule has 1 aliphatic heterocycles. The average Bonchev–Trinajstić information content (AvgIpc) is 2.28. The number of carboxylic acid groups (broad SMARTS) is 2. The van der Waals surface area contributed by atoms with Gasteiger partial charge in [0.05, 0.1) is 6.42 Å². The van der Waals surface area contributed by atoms with Crippen LogP contribution in [0.1, 0.15) is 12.8 Å². The molecule has 7 heteroatoms. The molecule has 0 spiro atoms. The zero-order valence-electron chi connectivity index (χ0n) is 9.13. The van der Waals surface area contributed by atoms with Crippen LogP contribution in [0.2, 0.25) is 0 Å². The zero-order valence-corrected chi connectivity index (χ0v) is 9.13. The van der Waals surface area contributed by atoms with Crippen molar-refractivity contribution in [3.05, 3.63) is 12.2 Å². The van der Waals surface area contributed by atoms with Crippen molar-refractivity contribution in [3.8, 4) is 0 Å². The van der Waals surface area contributed by atoms with Gasteiger partial charge in [0.2, 0.25) is 0 Å². The maximum atomic E-state index is 11.6. The van der Waals surface area contributed by atoms with E-state index in [4.69, 9.17) is 10.2 Å². The molecule has 0 aromatic heterocycles. The maximum absolute atomic E-state index is 11.6. The van der Waals surface area contributed by atoms with Gasteiger partial charge in [0.1, 0.15) is 6.04 Å². The molecular weight excluding hydrogens is 228 g/mol. The second kappa shape index (κ2) is 5.88. The quantitative estimate of drug-likeness (QED) is 0.596. The number of aliphatic carboxylic acids is 2. The first kappa shape index (κ1) is 13.0. The Labute approximate surface area is 97.7 Å². The van der Waals surface area contributed by atoms with Gasteiger partial charge >= 0.3 is 18.0 Å². The van der Waals surface area contributed by atoms with Crippen molar-refractivity contribution in [1.82, 2.24) is 10.2 Å². The van der Waals surface area contributed by atoms with E-state index in [0.717, 1.165) is 0 Å². The number of nitrogens with one attached hydrogen (secondary N) is 1. The van der Waals surface area contributed by atoms with E-state index in [2.05, 4.69) is 5.32 Å². The third-order valence-electron chi connectivity index (χ3n) is 2.32. The summed E-state index contributed by atoms with van der Waals surface area (Å²) in [5.41, 5.74) is 0. The van der Waals surface area contributed by atoms with E-state index in [-0.39, 0.29) is 0 Å². The molecule has 7 nitrogen and oxygen atoms in total. The minimum absolute atomic E-state index is 0.408. The van der Waals surface area contributed by atoms with Gasteiger partial charge in [-0.05, 0) is 6.42 Å². The smallest absolute Gasteiger partial charge is 0.326 e. The van der Waals surface area contributed by atoms with Gasteiger partial charge in [-0.1, -0.05) is 12.2 Å². The number of carbonyl (C=O) groups excluding carboxylic acids is 1. The Balaban J connectivity index is 2.54. The highest BCUT2D eigenvalue weighted by Gasteiger charge is 2.25. The Morgan fingerprint density at radius 1 is 1.29 bits per heavy atom. The first-order valence-corrected chi connectivity index (χ1v) is 5.15. The molecule has 1 aliphatic rings. The number of nitrogens with zero attached hydrogens (tertiary/aromatic N) is 1. The van der Waals surface area contributed by atoms with Crippen molar-refractivity contribution < 1.29 is 24.6 Å². The third kappa shape index (κ3) is 4.13. The van der Waals surface area contributed by atoms with Gasteiger partial charge < -0.3 is 20.4 Å². The Hall–Kier alpha value is -2.05. The minimum Gasteiger partial charge on any atom is -0.481 e. The molecule has 3 N–H and O–H groups in total. The molecule has 0 radical (unpaired) electrons. The van der Waals surface area contributed by atoms with E-state index < -0.39 is 30.4 Å². The lowest BCUT2D eigenvalue weighted by Crippen LogP contribution is -2.49. The maximum Gasteiger partial charge on any atom is 0.326 e. The van der Waals surface area contributed by atoms with Crippen LogP contribution >= 0.6 is 0 Å². The summed E-state index contributed by atoms with van der Waals surface area (Å²) in [6.07, 6.45) is 3.81. The van der Waals surface area contributed by atoms with Crippen molar-refractivity contribution in [1.29, 1.82) is 0 Å². The van der Waals surface area contributed by atoms with Gasteiger partial charge in [-0.15, -0.1) is 0 Å². The molecule has 0 bridgehead atoms. The van der Waals surface area contributed by atoms with Gasteiger partial charge in [0.25, 0.3) is 0 Å². The van der Waals surface area contributed by atoms with E-state index in [1.807, 2.05) is 6.08 Å². The predicted molar refractivity (Wildman–Crippen MR) is 57.5 cm³/mol. The number of amides is 2. The molecule has 0 fully saturated rings. The normalized spacial score (nSPS) is 16.4. The Morgan fingerprint density at radius 3 is 2.47 bits per heavy atom. The largest absolute Gasteiger partial charge is 0.481 e. The molecule has 1 rings (SSSR count). The number of carbonyl (C=O) groups is 3. The number of carboxylic acids is 2. The van der Waals surface area contributed by atoms with E-state index in [9.17, 15) is 14.4 Å². The molecule has 0 saturated carbocycles. The first-order valence-electron chi connectivity index (χ1n) is 5.15. The van der Waals surface area contributed by atoms with Crippen LogP contribution in [0.25, 0.3) is 0 Å². The first-order chi connectivity index (χ1) is 8.00. The van der Waals surface area contributed by atoms with Crippen LogP contribution in [-0.2, 0) is 9.59 Å². The van der Waals surface area contributed by atoms with Crippen LogP contribution in [-0.4, -0.2) is 52.2 Å². The summed E-state index contributed by atoms with van der Waals surface area (Å²) < 4.78 is 0. The molecule has 1 heterocycles. The van der Waals surface area contributed by atoms with E-state index in [1.165, 1.54) is 4.90 Å². The molecule has 94 valence electrons. The fraction of sp³-hybridized carbons (Fsp3) is 0.500. The van der Waals surface area contributed by atoms with Crippen LogP contribution in [0, 0.1) is 0 Å². The number of hydrogen-bond donors (Lipinski definition) is 3. The van der Waals surface area contributed by atoms with Gasteiger partial charge in [-0.2, -0.15) is 0 Å². The van der Waals surface area contributed by atoms with Crippen molar-refractivity contribution in [3.63, 3.8) is 0 Å². The lowest BCUT2D eigenvalue weighted by atomic mass is 10.2. The second-order valence-electron chi connectivity index (χ2n) is 3.64. The molecule has 0 aromatic carbocycles. The van der Waals surface area contributed by atoms with Gasteiger partial charge in [-0.3, -0.25) is 4.79 Å². The molecule has 0 aromatic rings. The highest BCUT2D eigenvalue weighted by atomic mass is 16.4. The van der Waals surface area contributed by atoms with Gasteiger partial charge in [-0.25, -0.2) is 9.59 Å². The Morgan fingerprint density at radius 2 is 2.00 bits per heavy atom. The van der Waals surface area contributed by atoms with Crippen molar-refractivity contribution in [2.75, 3.05) is 13.1 Å². The second-order valence-corrected chi connectivity index (χ2v) is 3.64. The van der Waals surface area contributed by atoms with Crippen LogP contribution in [0.4, 0.5) is 4.79 Å². The SMILES string of the molecule is O=C(O)C[C@@H](NC(=O)N1CC=CCC1)C(=O)O. The van der Waals surface area contributed by atoms with Crippen LogP contribution in [0.5, 0.6) is 0 Å². The summed E-state index contributed by atoms with van der Waals surface area (Å²) in [5.74, 6) is -2.62. The molecule has 0 saturated heterocycles. The third-order valence-corrected chi connectivity index (χ3v) is 2.32. The number of urea groups is 1. The molecule has 2 amide bonds. The summed E-state index contributed by atoms with van der Waals surface area (Å²) in [7, 11) is 0. The molecule has 0 unspecified atom stereocenters. The highest BCUT2D eigenvalue weighted by molar-refractivity contribution is 5.86. The summed E-state index contributed by atoms with van der Waals surface area (Å²) in [5, 5.41) is 19.5. The Bertz CT molecular complexity index is 353. The van der Waals surface area contributed by atoms with Gasteiger partial charge in [0, 0.05) is 13.1 Å². The molecule has 17 heavy (non-hydrogen) atoms. The van der Waals surface area contributed by atoms with E-state index in [0.29, 0.717) is 19.5 Å². The fourth-order valence-corrected chi connectivity index (χ4v) is 1.44. The topological polar surface area (TPSA) is 107 Å². The van der Waals surface area contributed by atoms with Crippen LogP contribution in [0.15, 0.2) is 12.2 Å². The monoisotopic (exact) mass is 242 g/mol. The molecule has 1 atom stereocenters. The minimum atomic E-state index is -1.40. The fourth-order valence-electron chi connectivity index (χ4n) is 1.44. The lowest BCUT2D eigenvalue weighted by Gasteiger charge is -2.25. The average molecular weight is 242 g/mol. The summed E-state index contributed by atoms with van der Waals surface area (Å²) in [6, 6.07) is -1.95. The van der Waals surface area contributed by atoms with E-state index in [1.54, 1.807) is 6.08 Å². The number of hydrogen-bond acceptors (Lipinski definition) is 3. The summed E-state index contributed by atoms with van der Waals surface area (Å²) >= 11 is 0. The van der Waals surface area contributed by atoms with Crippen LogP contribution in [0.3, 0.4) is 0 Å².